The molecule has 100 valence electrons. The van der Waals surface area contributed by atoms with Crippen molar-refractivity contribution >= 4 is 46.0 Å². The smallest absolute Gasteiger partial charge is 0.280 e. The molecule has 4 nitrogen and oxygen atoms in total. The number of benzene rings is 1. The summed E-state index contributed by atoms with van der Waals surface area (Å²) in [5.41, 5.74) is 2.00. The van der Waals surface area contributed by atoms with E-state index in [-0.39, 0.29) is 5.91 Å². The van der Waals surface area contributed by atoms with Crippen molar-refractivity contribution in [3.05, 3.63) is 57.6 Å². The summed E-state index contributed by atoms with van der Waals surface area (Å²) in [4.78, 5) is 12.4. The van der Waals surface area contributed by atoms with Crippen LogP contribution >= 0.6 is 22.6 Å². The minimum atomic E-state index is -0.139. The number of anilines is 1. The van der Waals surface area contributed by atoms with E-state index in [0.717, 1.165) is 9.45 Å². The Kier molecular flexibility index (Phi) is 3.43. The van der Waals surface area contributed by atoms with Gasteiger partial charge in [-0.15, -0.1) is 0 Å². The summed E-state index contributed by atoms with van der Waals surface area (Å²) in [6.45, 7) is 1.82. The Morgan fingerprint density at radius 2 is 1.95 bits per heavy atom. The monoisotopic (exact) mass is 378 g/mol. The number of carbonyl (C=O) groups excluding carboxylic acids is 1. The Bertz CT molecular complexity index is 716. The molecule has 0 saturated heterocycles. The Labute approximate surface area is 129 Å². The zero-order valence-corrected chi connectivity index (χ0v) is 12.9. The van der Waals surface area contributed by atoms with Crippen molar-refractivity contribution in [1.82, 2.24) is 0 Å². The minimum absolute atomic E-state index is 0.139. The van der Waals surface area contributed by atoms with E-state index in [4.69, 9.17) is 4.42 Å². The van der Waals surface area contributed by atoms with E-state index < -0.39 is 0 Å². The largest absolute Gasteiger partial charge is 0.451 e. The molecule has 0 spiro atoms. The van der Waals surface area contributed by atoms with Gasteiger partial charge in [0.15, 0.2) is 3.77 Å². The van der Waals surface area contributed by atoms with Gasteiger partial charge < -0.3 is 4.42 Å². The van der Waals surface area contributed by atoms with Crippen molar-refractivity contribution in [2.75, 3.05) is 5.01 Å². The predicted molar refractivity (Wildman–Crippen MR) is 86.4 cm³/mol. The van der Waals surface area contributed by atoms with Gasteiger partial charge in [0.05, 0.1) is 17.0 Å². The lowest BCUT2D eigenvalue weighted by Gasteiger charge is -2.10. The highest BCUT2D eigenvalue weighted by Gasteiger charge is 2.28. The molecule has 0 atom stereocenters. The fourth-order valence-corrected chi connectivity index (χ4v) is 2.41. The molecule has 1 amide bonds. The van der Waals surface area contributed by atoms with Crippen LogP contribution in [0, 0.1) is 3.77 Å². The Morgan fingerprint density at radius 3 is 2.60 bits per heavy atom. The maximum Gasteiger partial charge on any atom is 0.280 e. The molecular weight excluding hydrogens is 367 g/mol. The van der Waals surface area contributed by atoms with Crippen LogP contribution in [-0.4, -0.2) is 11.6 Å². The average Bonchev–Trinajstić information content (AvgIpc) is 2.98. The van der Waals surface area contributed by atoms with Gasteiger partial charge >= 0.3 is 0 Å². The van der Waals surface area contributed by atoms with Gasteiger partial charge in [-0.1, -0.05) is 18.2 Å². The van der Waals surface area contributed by atoms with E-state index in [9.17, 15) is 4.79 Å². The number of amides is 1. The SMILES string of the molecule is CC1=NN(c2ccccc2)C(=O)/C1=C\c1ccc(I)o1. The first-order valence-electron chi connectivity index (χ1n) is 6.07. The maximum atomic E-state index is 12.4. The van der Waals surface area contributed by atoms with Gasteiger partial charge in [-0.25, -0.2) is 0 Å². The Hall–Kier alpha value is -1.89. The molecule has 2 aromatic rings. The number of hydrazone groups is 1. The summed E-state index contributed by atoms with van der Waals surface area (Å²) in [6, 6.07) is 13.1. The number of hydrogen-bond donors (Lipinski definition) is 0. The van der Waals surface area contributed by atoms with Gasteiger partial charge in [-0.2, -0.15) is 10.1 Å². The third-order valence-corrected chi connectivity index (χ3v) is 3.52. The van der Waals surface area contributed by atoms with E-state index >= 15 is 0 Å². The number of hydrogen-bond acceptors (Lipinski definition) is 3. The van der Waals surface area contributed by atoms with Crippen LogP contribution in [-0.2, 0) is 4.79 Å². The van der Waals surface area contributed by atoms with Gasteiger partial charge in [-0.3, -0.25) is 4.79 Å². The molecule has 1 aromatic carbocycles. The summed E-state index contributed by atoms with van der Waals surface area (Å²) in [5, 5.41) is 5.72. The third-order valence-electron chi connectivity index (χ3n) is 2.94. The van der Waals surface area contributed by atoms with Crippen LogP contribution < -0.4 is 5.01 Å². The molecule has 1 aliphatic heterocycles. The first-order valence-corrected chi connectivity index (χ1v) is 7.15. The molecule has 0 radical (unpaired) electrons. The summed E-state index contributed by atoms with van der Waals surface area (Å²) in [6.07, 6.45) is 1.73. The van der Waals surface area contributed by atoms with Crippen molar-refractivity contribution in [2.45, 2.75) is 6.92 Å². The summed E-state index contributed by atoms with van der Waals surface area (Å²) in [5.74, 6) is 0.516. The number of rotatable bonds is 2. The van der Waals surface area contributed by atoms with Crippen LogP contribution in [0.1, 0.15) is 12.7 Å². The van der Waals surface area contributed by atoms with Crippen LogP contribution in [0.25, 0.3) is 6.08 Å². The number of carbonyl (C=O) groups is 1. The van der Waals surface area contributed by atoms with Gasteiger partial charge in [0, 0.05) is 0 Å². The van der Waals surface area contributed by atoms with Gasteiger partial charge in [0.1, 0.15) is 5.76 Å². The third kappa shape index (κ3) is 2.40. The normalized spacial score (nSPS) is 16.9. The molecule has 1 aliphatic rings. The molecule has 3 rings (SSSR count). The molecule has 0 bridgehead atoms. The molecule has 0 saturated carbocycles. The minimum Gasteiger partial charge on any atom is -0.451 e. The quantitative estimate of drug-likeness (QED) is 0.591. The Morgan fingerprint density at radius 1 is 1.20 bits per heavy atom. The first kappa shape index (κ1) is 13.1. The second-order valence-electron chi connectivity index (χ2n) is 4.34. The standard InChI is InChI=1S/C15H11IN2O2/c1-10-13(9-12-7-8-14(16)20-12)15(19)18(17-10)11-5-3-2-4-6-11/h2-9H,1H3/b13-9-. The Balaban J connectivity index is 1.95. The molecule has 2 heterocycles. The lowest BCUT2D eigenvalue weighted by molar-refractivity contribution is -0.114. The summed E-state index contributed by atoms with van der Waals surface area (Å²) >= 11 is 2.09. The van der Waals surface area contributed by atoms with E-state index in [2.05, 4.69) is 27.7 Å². The van der Waals surface area contributed by atoms with Gasteiger partial charge in [0.25, 0.3) is 5.91 Å². The van der Waals surface area contributed by atoms with E-state index in [1.54, 1.807) is 6.08 Å². The predicted octanol–water partition coefficient (Wildman–Crippen LogP) is 3.69. The van der Waals surface area contributed by atoms with E-state index in [1.165, 1.54) is 5.01 Å². The van der Waals surface area contributed by atoms with Crippen LogP contribution in [0.5, 0.6) is 0 Å². The van der Waals surface area contributed by atoms with E-state index in [0.29, 0.717) is 17.0 Å². The topological polar surface area (TPSA) is 45.8 Å². The van der Waals surface area contributed by atoms with E-state index in [1.807, 2.05) is 49.4 Å². The van der Waals surface area contributed by atoms with Crippen molar-refractivity contribution < 1.29 is 9.21 Å². The summed E-state index contributed by atoms with van der Waals surface area (Å²) in [7, 11) is 0. The molecule has 0 fully saturated rings. The average molecular weight is 378 g/mol. The van der Waals surface area contributed by atoms with Crippen molar-refractivity contribution in [3.63, 3.8) is 0 Å². The van der Waals surface area contributed by atoms with Crippen molar-refractivity contribution in [3.8, 4) is 0 Å². The highest BCUT2D eigenvalue weighted by molar-refractivity contribution is 14.1. The maximum absolute atomic E-state index is 12.4. The fourth-order valence-electron chi connectivity index (χ4n) is 1.98. The molecule has 0 N–H and O–H groups in total. The highest BCUT2D eigenvalue weighted by Crippen LogP contribution is 2.25. The van der Waals surface area contributed by atoms with Crippen molar-refractivity contribution in [1.29, 1.82) is 0 Å². The zero-order valence-electron chi connectivity index (χ0n) is 10.7. The fraction of sp³-hybridized carbons (Fsp3) is 0.0667. The van der Waals surface area contributed by atoms with Crippen molar-refractivity contribution in [2.24, 2.45) is 5.10 Å². The number of halogens is 1. The molecule has 20 heavy (non-hydrogen) atoms. The van der Waals surface area contributed by atoms with Crippen LogP contribution in [0.15, 0.2) is 57.6 Å². The summed E-state index contributed by atoms with van der Waals surface area (Å²) < 4.78 is 6.25. The van der Waals surface area contributed by atoms with Gasteiger partial charge in [0.2, 0.25) is 0 Å². The second kappa shape index (κ2) is 5.24. The first-order chi connectivity index (χ1) is 9.65. The molecule has 0 aliphatic carbocycles. The molecule has 1 aromatic heterocycles. The molecular formula is C15H11IN2O2. The van der Waals surface area contributed by atoms with Crippen LogP contribution in [0.2, 0.25) is 0 Å². The molecule has 5 heteroatoms. The number of nitrogens with zero attached hydrogens (tertiary/aromatic N) is 2. The lowest BCUT2D eigenvalue weighted by atomic mass is 10.1. The number of furan rings is 1. The van der Waals surface area contributed by atoms with Crippen LogP contribution in [0.4, 0.5) is 5.69 Å². The number of para-hydroxylation sites is 1. The molecule has 0 unspecified atom stereocenters. The van der Waals surface area contributed by atoms with Gasteiger partial charge in [-0.05, 0) is 59.9 Å². The van der Waals surface area contributed by atoms with Crippen LogP contribution in [0.3, 0.4) is 0 Å². The second-order valence-corrected chi connectivity index (χ2v) is 5.40. The highest BCUT2D eigenvalue weighted by atomic mass is 127. The lowest BCUT2D eigenvalue weighted by Crippen LogP contribution is -2.21. The zero-order chi connectivity index (χ0) is 14.1.